The third-order valence-corrected chi connectivity index (χ3v) is 3.65. The fraction of sp³-hybridized carbons (Fsp3) is 0.538. The summed E-state index contributed by atoms with van der Waals surface area (Å²) in [5, 5.41) is 3.19. The third kappa shape index (κ3) is 3.56. The number of hydrogen-bond donors (Lipinski definition) is 1. The number of alkyl halides is 2. The number of pyridine rings is 1. The van der Waals surface area contributed by atoms with Crippen molar-refractivity contribution in [3.63, 3.8) is 0 Å². The molecular formula is C13H16ClF2N3O. The number of amides is 2. The van der Waals surface area contributed by atoms with Gasteiger partial charge in [0.05, 0.1) is 17.3 Å². The number of carbonyl (C=O) groups excluding carboxylic acids is 1. The maximum atomic E-state index is 13.3. The van der Waals surface area contributed by atoms with Gasteiger partial charge in [-0.25, -0.2) is 13.6 Å². The molecule has 2 amide bonds. The van der Waals surface area contributed by atoms with Crippen LogP contribution in [0.5, 0.6) is 0 Å². The van der Waals surface area contributed by atoms with E-state index in [1.165, 1.54) is 18.0 Å². The minimum Gasteiger partial charge on any atom is -0.332 e. The van der Waals surface area contributed by atoms with Gasteiger partial charge in [0, 0.05) is 31.6 Å². The van der Waals surface area contributed by atoms with E-state index in [-0.39, 0.29) is 32.1 Å². The molecule has 0 spiro atoms. The molecule has 1 aliphatic heterocycles. The largest absolute Gasteiger partial charge is 0.332 e. The van der Waals surface area contributed by atoms with Crippen LogP contribution in [0.1, 0.15) is 19.0 Å². The molecule has 1 N–H and O–H groups in total. The molecule has 1 aliphatic rings. The minimum atomic E-state index is -2.69. The van der Waals surface area contributed by atoms with Gasteiger partial charge in [0.1, 0.15) is 0 Å². The number of aromatic nitrogens is 1. The zero-order valence-electron chi connectivity index (χ0n) is 11.1. The Labute approximate surface area is 121 Å². The first-order valence-corrected chi connectivity index (χ1v) is 6.77. The Morgan fingerprint density at radius 3 is 2.95 bits per heavy atom. The first-order valence-electron chi connectivity index (χ1n) is 6.39. The average molecular weight is 304 g/mol. The lowest BCUT2D eigenvalue weighted by Gasteiger charge is -2.36. The van der Waals surface area contributed by atoms with Gasteiger partial charge in [0.15, 0.2) is 0 Å². The number of likely N-dealkylation sites (tertiary alicyclic amines) is 1. The smallest absolute Gasteiger partial charge is 0.317 e. The second-order valence-corrected chi connectivity index (χ2v) is 5.42. The van der Waals surface area contributed by atoms with Crippen LogP contribution >= 0.6 is 11.6 Å². The van der Waals surface area contributed by atoms with Gasteiger partial charge >= 0.3 is 6.03 Å². The molecule has 1 atom stereocenters. The molecule has 0 saturated carbocycles. The highest BCUT2D eigenvalue weighted by Gasteiger charge is 2.42. The van der Waals surface area contributed by atoms with Crippen LogP contribution in [0.3, 0.4) is 0 Å². The molecule has 0 radical (unpaired) electrons. The lowest BCUT2D eigenvalue weighted by molar-refractivity contribution is -0.0906. The van der Waals surface area contributed by atoms with Crippen molar-refractivity contribution >= 4 is 17.6 Å². The molecular weight excluding hydrogens is 288 g/mol. The van der Waals surface area contributed by atoms with Gasteiger partial charge in [-0.3, -0.25) is 4.98 Å². The second kappa shape index (κ2) is 5.91. The van der Waals surface area contributed by atoms with Gasteiger partial charge in [-0.1, -0.05) is 18.5 Å². The Morgan fingerprint density at radius 2 is 2.35 bits per heavy atom. The standard InChI is InChI=1S/C13H16ClF2N3O/c1-9-8-19(5-4-13(9,15)16)12(20)18-7-11-3-2-10(14)6-17-11/h2-3,6,9H,4-5,7-8H2,1H3,(H,18,20)/t9-/m0/s1. The summed E-state index contributed by atoms with van der Waals surface area (Å²) < 4.78 is 26.7. The van der Waals surface area contributed by atoms with Crippen LogP contribution in [-0.4, -0.2) is 34.9 Å². The molecule has 7 heteroatoms. The summed E-state index contributed by atoms with van der Waals surface area (Å²) in [5.74, 6) is -3.51. The summed E-state index contributed by atoms with van der Waals surface area (Å²) in [5.41, 5.74) is 0.665. The van der Waals surface area contributed by atoms with Gasteiger partial charge in [-0.15, -0.1) is 0 Å². The average Bonchev–Trinajstić information content (AvgIpc) is 2.41. The van der Waals surface area contributed by atoms with Gasteiger partial charge in [0.25, 0.3) is 5.92 Å². The molecule has 2 rings (SSSR count). The van der Waals surface area contributed by atoms with Crippen LogP contribution < -0.4 is 5.32 Å². The molecule has 2 heterocycles. The van der Waals surface area contributed by atoms with Crippen LogP contribution in [-0.2, 0) is 6.54 Å². The van der Waals surface area contributed by atoms with Gasteiger partial charge in [-0.05, 0) is 12.1 Å². The quantitative estimate of drug-likeness (QED) is 0.913. The maximum absolute atomic E-state index is 13.3. The third-order valence-electron chi connectivity index (χ3n) is 3.43. The number of rotatable bonds is 2. The Hall–Kier alpha value is -1.43. The van der Waals surface area contributed by atoms with Crippen molar-refractivity contribution in [1.82, 2.24) is 15.2 Å². The summed E-state index contributed by atoms with van der Waals surface area (Å²) in [7, 11) is 0. The molecule has 0 unspecified atom stereocenters. The van der Waals surface area contributed by atoms with Crippen LogP contribution in [0.2, 0.25) is 5.02 Å². The zero-order chi connectivity index (χ0) is 14.8. The van der Waals surface area contributed by atoms with Crippen LogP contribution in [0.25, 0.3) is 0 Å². The van der Waals surface area contributed by atoms with E-state index in [0.717, 1.165) is 0 Å². The predicted octanol–water partition coefficient (Wildman–Crippen LogP) is 2.92. The van der Waals surface area contributed by atoms with Crippen LogP contribution in [0.15, 0.2) is 18.3 Å². The van der Waals surface area contributed by atoms with E-state index in [4.69, 9.17) is 11.6 Å². The van der Waals surface area contributed by atoms with E-state index in [1.807, 2.05) is 0 Å². The summed E-state index contributed by atoms with van der Waals surface area (Å²) in [6, 6.07) is 3.04. The number of nitrogens with one attached hydrogen (secondary N) is 1. The van der Waals surface area contributed by atoms with Crippen molar-refractivity contribution in [2.45, 2.75) is 25.8 Å². The van der Waals surface area contributed by atoms with Crippen molar-refractivity contribution in [3.05, 3.63) is 29.0 Å². The number of nitrogens with zero attached hydrogens (tertiary/aromatic N) is 2. The zero-order valence-corrected chi connectivity index (χ0v) is 11.8. The van der Waals surface area contributed by atoms with E-state index in [0.29, 0.717) is 10.7 Å². The summed E-state index contributed by atoms with van der Waals surface area (Å²) in [6.07, 6.45) is 1.20. The van der Waals surface area contributed by atoms with Crippen molar-refractivity contribution in [2.24, 2.45) is 5.92 Å². The highest BCUT2D eigenvalue weighted by Crippen LogP contribution is 2.32. The number of piperidine rings is 1. The first kappa shape index (κ1) is 15.0. The molecule has 1 aromatic rings. The van der Waals surface area contributed by atoms with E-state index in [1.54, 1.807) is 12.1 Å². The van der Waals surface area contributed by atoms with Gasteiger partial charge in [-0.2, -0.15) is 0 Å². The van der Waals surface area contributed by atoms with Crippen molar-refractivity contribution in [1.29, 1.82) is 0 Å². The summed E-state index contributed by atoms with van der Waals surface area (Å²) in [6.45, 7) is 1.83. The Balaban J connectivity index is 1.85. The van der Waals surface area contributed by atoms with Gasteiger partial charge in [0.2, 0.25) is 0 Å². The summed E-state index contributed by atoms with van der Waals surface area (Å²) in [4.78, 5) is 17.4. The number of urea groups is 1. The second-order valence-electron chi connectivity index (χ2n) is 4.98. The highest BCUT2D eigenvalue weighted by molar-refractivity contribution is 6.30. The molecule has 0 aliphatic carbocycles. The molecule has 1 aromatic heterocycles. The summed E-state index contributed by atoms with van der Waals surface area (Å²) >= 11 is 5.71. The van der Waals surface area contributed by atoms with E-state index >= 15 is 0 Å². The van der Waals surface area contributed by atoms with E-state index in [2.05, 4.69) is 10.3 Å². The number of halogens is 3. The predicted molar refractivity (Wildman–Crippen MR) is 71.8 cm³/mol. The molecule has 110 valence electrons. The Morgan fingerprint density at radius 1 is 1.60 bits per heavy atom. The maximum Gasteiger partial charge on any atom is 0.317 e. The van der Waals surface area contributed by atoms with Crippen molar-refractivity contribution in [2.75, 3.05) is 13.1 Å². The van der Waals surface area contributed by atoms with E-state index < -0.39 is 11.8 Å². The minimum absolute atomic E-state index is 0.0624. The monoisotopic (exact) mass is 303 g/mol. The number of carbonyl (C=O) groups is 1. The molecule has 20 heavy (non-hydrogen) atoms. The lowest BCUT2D eigenvalue weighted by Crippen LogP contribution is -2.51. The topological polar surface area (TPSA) is 45.2 Å². The molecule has 1 fully saturated rings. The normalized spacial score (nSPS) is 21.6. The molecule has 1 saturated heterocycles. The fourth-order valence-electron chi connectivity index (χ4n) is 2.06. The van der Waals surface area contributed by atoms with E-state index in [9.17, 15) is 13.6 Å². The molecule has 4 nitrogen and oxygen atoms in total. The van der Waals surface area contributed by atoms with Crippen molar-refractivity contribution in [3.8, 4) is 0 Å². The lowest BCUT2D eigenvalue weighted by atomic mass is 9.96. The first-order chi connectivity index (χ1) is 9.38. The van der Waals surface area contributed by atoms with Gasteiger partial charge < -0.3 is 10.2 Å². The van der Waals surface area contributed by atoms with Crippen LogP contribution in [0, 0.1) is 5.92 Å². The SMILES string of the molecule is C[C@H]1CN(C(=O)NCc2ccc(Cl)cn2)CCC1(F)F. The number of hydrogen-bond acceptors (Lipinski definition) is 2. The van der Waals surface area contributed by atoms with Crippen LogP contribution in [0.4, 0.5) is 13.6 Å². The molecule has 0 bridgehead atoms. The molecule has 0 aromatic carbocycles. The highest BCUT2D eigenvalue weighted by atomic mass is 35.5. The Kier molecular flexibility index (Phi) is 4.42. The fourth-order valence-corrected chi connectivity index (χ4v) is 2.17. The Bertz CT molecular complexity index is 481. The van der Waals surface area contributed by atoms with Crippen molar-refractivity contribution < 1.29 is 13.6 Å².